The van der Waals surface area contributed by atoms with E-state index in [1.165, 1.54) is 28.8 Å². The number of Topliss-reactive ketones (excluding diaryl/α,β-unsaturated/α-hetero) is 1. The predicted molar refractivity (Wildman–Crippen MR) is 172 cm³/mol. The SMILES string of the molecule is CCn1c(-c2c(F)cccc2F)c(C(=O)C(C)C)cc(Cl)c1=O.CCn1c(-c2c(F)cccc2F)c(C(O)C(C)C)cc(Cl)c1=O. The maximum Gasteiger partial charge on any atom is 0.269 e. The van der Waals surface area contributed by atoms with Gasteiger partial charge in [-0.25, -0.2) is 17.6 Å². The van der Waals surface area contributed by atoms with Gasteiger partial charge in [0.05, 0.1) is 28.6 Å². The predicted octanol–water partition coefficient (Wildman–Crippen LogP) is 8.46. The zero-order valence-corrected chi connectivity index (χ0v) is 27.6. The molecular formula is C34H34Cl2F4N2O4. The molecule has 0 saturated carbocycles. The van der Waals surface area contributed by atoms with Gasteiger partial charge in [0.1, 0.15) is 33.3 Å². The average Bonchev–Trinajstić information content (AvgIpc) is 2.99. The van der Waals surface area contributed by atoms with Crippen molar-refractivity contribution in [2.45, 2.75) is 60.7 Å². The molecule has 6 nitrogen and oxygen atoms in total. The molecule has 0 aliphatic carbocycles. The van der Waals surface area contributed by atoms with Crippen LogP contribution in [0.2, 0.25) is 10.0 Å². The Morgan fingerprint density at radius 2 is 1.13 bits per heavy atom. The second kappa shape index (κ2) is 15.2. The van der Waals surface area contributed by atoms with Gasteiger partial charge >= 0.3 is 0 Å². The lowest BCUT2D eigenvalue weighted by atomic mass is 9.94. The zero-order chi connectivity index (χ0) is 34.6. The summed E-state index contributed by atoms with van der Waals surface area (Å²) in [5, 5.41) is 10.2. The quantitative estimate of drug-likeness (QED) is 0.150. The summed E-state index contributed by atoms with van der Waals surface area (Å²) < 4.78 is 59.3. The summed E-state index contributed by atoms with van der Waals surface area (Å²) in [5.74, 6) is -4.26. The van der Waals surface area contributed by atoms with Crippen LogP contribution in [0.15, 0.2) is 58.1 Å². The standard InChI is InChI=1S/C17H18ClF2NO2.C17H16ClF2NO2/c2*1-4-21-15(14-12(19)6-5-7-13(14)20)10(16(22)9(2)3)8-11(18)17(21)23/h5-9,16,22H,4H2,1-3H3;5-9H,4H2,1-3H3. The molecule has 2 heterocycles. The van der Waals surface area contributed by atoms with Crippen LogP contribution in [0.3, 0.4) is 0 Å². The molecule has 0 amide bonds. The van der Waals surface area contributed by atoms with Crippen molar-refractivity contribution in [3.05, 3.63) is 114 Å². The first-order chi connectivity index (χ1) is 21.6. The number of aliphatic hydroxyl groups excluding tert-OH is 1. The van der Waals surface area contributed by atoms with Gasteiger partial charge in [-0.2, -0.15) is 0 Å². The van der Waals surface area contributed by atoms with Crippen LogP contribution in [0.4, 0.5) is 17.6 Å². The summed E-state index contributed by atoms with van der Waals surface area (Å²) >= 11 is 11.9. The molecule has 2 aromatic carbocycles. The fourth-order valence-corrected chi connectivity index (χ4v) is 5.40. The van der Waals surface area contributed by atoms with Crippen LogP contribution in [-0.2, 0) is 13.1 Å². The van der Waals surface area contributed by atoms with Crippen molar-refractivity contribution in [2.24, 2.45) is 11.8 Å². The van der Waals surface area contributed by atoms with Crippen molar-refractivity contribution in [1.82, 2.24) is 9.13 Å². The van der Waals surface area contributed by atoms with Gasteiger partial charge in [-0.3, -0.25) is 14.4 Å². The van der Waals surface area contributed by atoms with E-state index in [1.807, 2.05) is 0 Å². The molecule has 0 aliphatic rings. The molecule has 0 fully saturated rings. The van der Waals surface area contributed by atoms with Gasteiger partial charge in [0.15, 0.2) is 5.78 Å². The first-order valence-corrected chi connectivity index (χ1v) is 15.3. The molecule has 4 rings (SSSR count). The van der Waals surface area contributed by atoms with Crippen molar-refractivity contribution in [1.29, 1.82) is 0 Å². The number of rotatable bonds is 8. The molecule has 1 unspecified atom stereocenters. The lowest BCUT2D eigenvalue weighted by molar-refractivity contribution is 0.0939. The number of hydrogen-bond donors (Lipinski definition) is 1. The fraction of sp³-hybridized carbons (Fsp3) is 0.324. The largest absolute Gasteiger partial charge is 0.388 e. The summed E-state index contributed by atoms with van der Waals surface area (Å²) in [4.78, 5) is 37.0. The molecule has 4 aromatic rings. The van der Waals surface area contributed by atoms with E-state index >= 15 is 0 Å². The molecule has 0 saturated heterocycles. The van der Waals surface area contributed by atoms with Crippen LogP contribution in [0.5, 0.6) is 0 Å². The van der Waals surface area contributed by atoms with E-state index in [0.717, 1.165) is 28.8 Å². The van der Waals surface area contributed by atoms with Crippen molar-refractivity contribution in [3.8, 4) is 22.5 Å². The molecule has 246 valence electrons. The minimum Gasteiger partial charge on any atom is -0.388 e. The molecule has 2 aromatic heterocycles. The summed E-state index contributed by atoms with van der Waals surface area (Å²) in [5.41, 5.74) is -1.65. The maximum absolute atomic E-state index is 14.3. The topological polar surface area (TPSA) is 81.3 Å². The molecule has 1 atom stereocenters. The number of nitrogens with zero attached hydrogens (tertiary/aromatic N) is 2. The van der Waals surface area contributed by atoms with E-state index in [0.29, 0.717) is 0 Å². The second-order valence-electron chi connectivity index (χ2n) is 11.1. The highest BCUT2D eigenvalue weighted by atomic mass is 35.5. The highest BCUT2D eigenvalue weighted by Gasteiger charge is 2.27. The molecule has 0 radical (unpaired) electrons. The average molecular weight is 682 g/mol. The number of ketones is 1. The Kier molecular flexibility index (Phi) is 12.2. The van der Waals surface area contributed by atoms with E-state index in [1.54, 1.807) is 41.5 Å². The van der Waals surface area contributed by atoms with E-state index in [-0.39, 0.29) is 62.9 Å². The van der Waals surface area contributed by atoms with Crippen molar-refractivity contribution < 1.29 is 27.5 Å². The molecule has 46 heavy (non-hydrogen) atoms. The normalized spacial score (nSPS) is 11.9. The van der Waals surface area contributed by atoms with Gasteiger partial charge in [-0.15, -0.1) is 0 Å². The number of aliphatic hydroxyl groups is 1. The zero-order valence-electron chi connectivity index (χ0n) is 26.1. The van der Waals surface area contributed by atoms with E-state index in [4.69, 9.17) is 23.2 Å². The van der Waals surface area contributed by atoms with Gasteiger partial charge in [-0.05, 0) is 56.2 Å². The number of aromatic nitrogens is 2. The first kappa shape index (κ1) is 36.7. The van der Waals surface area contributed by atoms with Crippen LogP contribution >= 0.6 is 23.2 Å². The number of pyridine rings is 2. The van der Waals surface area contributed by atoms with Crippen molar-refractivity contribution in [3.63, 3.8) is 0 Å². The Morgan fingerprint density at radius 1 is 0.739 bits per heavy atom. The Balaban J connectivity index is 0.000000250. The van der Waals surface area contributed by atoms with Gasteiger partial charge < -0.3 is 14.2 Å². The third kappa shape index (κ3) is 7.29. The third-order valence-electron chi connectivity index (χ3n) is 7.29. The first-order valence-electron chi connectivity index (χ1n) is 14.6. The molecule has 12 heteroatoms. The van der Waals surface area contributed by atoms with Crippen LogP contribution in [0, 0.1) is 35.1 Å². The van der Waals surface area contributed by atoms with Crippen LogP contribution < -0.4 is 11.1 Å². The summed E-state index contributed by atoms with van der Waals surface area (Å²) in [6.07, 6.45) is -1.01. The highest BCUT2D eigenvalue weighted by molar-refractivity contribution is 6.31. The van der Waals surface area contributed by atoms with Crippen molar-refractivity contribution in [2.75, 3.05) is 0 Å². The number of benzene rings is 2. The minimum absolute atomic E-state index is 0.0266. The lowest BCUT2D eigenvalue weighted by Crippen LogP contribution is -2.26. The third-order valence-corrected chi connectivity index (χ3v) is 7.83. The Morgan fingerprint density at radius 3 is 1.52 bits per heavy atom. The molecular weight excluding hydrogens is 647 g/mol. The number of halogens is 6. The van der Waals surface area contributed by atoms with Crippen LogP contribution in [-0.4, -0.2) is 20.0 Å². The summed E-state index contributed by atoms with van der Waals surface area (Å²) in [6, 6.07) is 9.36. The number of carbonyl (C=O) groups is 1. The maximum atomic E-state index is 14.3. The van der Waals surface area contributed by atoms with Gasteiger partial charge in [0.2, 0.25) is 0 Å². The lowest BCUT2D eigenvalue weighted by Gasteiger charge is -2.23. The molecule has 0 spiro atoms. The Bertz CT molecular complexity index is 1850. The van der Waals surface area contributed by atoms with Gasteiger partial charge in [0.25, 0.3) is 11.1 Å². The van der Waals surface area contributed by atoms with E-state index in [2.05, 4.69) is 0 Å². The molecule has 1 N–H and O–H groups in total. The van der Waals surface area contributed by atoms with Crippen LogP contribution in [0.1, 0.15) is 63.6 Å². The van der Waals surface area contributed by atoms with Crippen LogP contribution in [0.25, 0.3) is 22.5 Å². The fourth-order valence-electron chi connectivity index (χ4n) is 4.97. The Hall–Kier alpha value is -3.73. The summed E-state index contributed by atoms with van der Waals surface area (Å²) in [6.45, 7) is 10.5. The number of hydrogen-bond acceptors (Lipinski definition) is 4. The minimum atomic E-state index is -1.01. The monoisotopic (exact) mass is 680 g/mol. The van der Waals surface area contributed by atoms with Crippen molar-refractivity contribution >= 4 is 29.0 Å². The molecule has 0 aliphatic heterocycles. The molecule has 0 bridgehead atoms. The van der Waals surface area contributed by atoms with E-state index < -0.39 is 52.0 Å². The second-order valence-corrected chi connectivity index (χ2v) is 11.9. The smallest absolute Gasteiger partial charge is 0.269 e. The number of carbonyl (C=O) groups excluding carboxylic acids is 1. The van der Waals surface area contributed by atoms with Gasteiger partial charge in [-0.1, -0.05) is 63.0 Å². The summed E-state index contributed by atoms with van der Waals surface area (Å²) in [7, 11) is 0. The van der Waals surface area contributed by atoms with E-state index in [9.17, 15) is 37.1 Å². The highest BCUT2D eigenvalue weighted by Crippen LogP contribution is 2.35. The Labute approximate surface area is 273 Å². The van der Waals surface area contributed by atoms with Gasteiger partial charge in [0, 0.05) is 30.1 Å².